The number of hydrogen-bond donors (Lipinski definition) is 1. The molecule has 1 amide bonds. The highest BCUT2D eigenvalue weighted by Gasteiger charge is 2.12. The number of nitrogens with one attached hydrogen (secondary N) is 1. The summed E-state index contributed by atoms with van der Waals surface area (Å²) < 4.78 is 2.05. The Bertz CT molecular complexity index is 854. The summed E-state index contributed by atoms with van der Waals surface area (Å²) in [6, 6.07) is 12.7. The number of imidazole rings is 1. The van der Waals surface area contributed by atoms with E-state index in [1.807, 2.05) is 29.8 Å². The number of carbonyl (C=O) groups is 1. The Kier molecular flexibility index (Phi) is 3.86. The second-order valence-electron chi connectivity index (χ2n) is 5.08. The van der Waals surface area contributed by atoms with Gasteiger partial charge in [-0.2, -0.15) is 0 Å². The number of nitrogens with zero attached hydrogens (tertiary/aromatic N) is 2. The van der Waals surface area contributed by atoms with E-state index in [9.17, 15) is 4.79 Å². The lowest BCUT2D eigenvalue weighted by Crippen LogP contribution is -2.12. The van der Waals surface area contributed by atoms with Crippen molar-refractivity contribution in [1.29, 1.82) is 0 Å². The minimum absolute atomic E-state index is 0.196. The number of rotatable bonds is 3. The maximum absolute atomic E-state index is 12.4. The van der Waals surface area contributed by atoms with Crippen molar-refractivity contribution in [2.45, 2.75) is 13.3 Å². The normalized spacial score (nSPS) is 10.9. The summed E-state index contributed by atoms with van der Waals surface area (Å²) in [4.78, 5) is 16.9. The van der Waals surface area contributed by atoms with Crippen molar-refractivity contribution in [3.8, 4) is 0 Å². The summed E-state index contributed by atoms with van der Waals surface area (Å²) in [5.74, 6) is 0.803. The number of aryl methyl sites for hydroxylation is 2. The first-order valence-electron chi connectivity index (χ1n) is 7.11. The van der Waals surface area contributed by atoms with Crippen LogP contribution in [0.5, 0.6) is 0 Å². The molecule has 2 aromatic carbocycles. The van der Waals surface area contributed by atoms with Crippen molar-refractivity contribution in [3.63, 3.8) is 0 Å². The maximum atomic E-state index is 12.4. The van der Waals surface area contributed by atoms with E-state index in [0.717, 1.165) is 23.3 Å². The summed E-state index contributed by atoms with van der Waals surface area (Å²) in [5, 5.41) is 3.34. The predicted octanol–water partition coefficient (Wildman–Crippen LogP) is 4.04. The van der Waals surface area contributed by atoms with Gasteiger partial charge in [-0.25, -0.2) is 4.98 Å². The van der Waals surface area contributed by atoms with Gasteiger partial charge in [0.1, 0.15) is 5.82 Å². The molecule has 1 aromatic heterocycles. The summed E-state index contributed by atoms with van der Waals surface area (Å²) in [5.41, 5.74) is 3.01. The zero-order chi connectivity index (χ0) is 15.7. The number of halogens is 1. The Morgan fingerprint density at radius 2 is 2.05 bits per heavy atom. The molecule has 3 rings (SSSR count). The summed E-state index contributed by atoms with van der Waals surface area (Å²) in [6.07, 6.45) is 0.854. The molecule has 1 N–H and O–H groups in total. The van der Waals surface area contributed by atoms with Gasteiger partial charge in [0, 0.05) is 19.0 Å². The van der Waals surface area contributed by atoms with Crippen molar-refractivity contribution in [3.05, 3.63) is 58.9 Å². The van der Waals surface area contributed by atoms with Crippen LogP contribution in [0.4, 0.5) is 5.69 Å². The van der Waals surface area contributed by atoms with E-state index in [-0.39, 0.29) is 5.91 Å². The van der Waals surface area contributed by atoms with Gasteiger partial charge in [-0.1, -0.05) is 30.7 Å². The van der Waals surface area contributed by atoms with Gasteiger partial charge in [0.25, 0.3) is 5.91 Å². The third-order valence-electron chi connectivity index (χ3n) is 3.67. The Labute approximate surface area is 133 Å². The molecule has 22 heavy (non-hydrogen) atoms. The lowest BCUT2D eigenvalue weighted by molar-refractivity contribution is 0.102. The standard InChI is InChI=1S/C17H16ClN3O/c1-3-16-19-14-10-11(8-9-15(14)21(16)2)17(22)20-13-7-5-4-6-12(13)18/h4-10H,3H2,1-2H3,(H,20,22). The van der Waals surface area contributed by atoms with Gasteiger partial charge in [0.05, 0.1) is 21.7 Å². The monoisotopic (exact) mass is 313 g/mol. The van der Waals surface area contributed by atoms with Crippen LogP contribution < -0.4 is 5.32 Å². The third kappa shape index (κ3) is 2.57. The number of amides is 1. The molecule has 0 aliphatic rings. The van der Waals surface area contributed by atoms with Crippen LogP contribution in [0.2, 0.25) is 5.02 Å². The van der Waals surface area contributed by atoms with Crippen molar-refractivity contribution >= 4 is 34.2 Å². The van der Waals surface area contributed by atoms with Gasteiger partial charge in [0.2, 0.25) is 0 Å². The summed E-state index contributed by atoms with van der Waals surface area (Å²) in [7, 11) is 1.98. The fourth-order valence-corrected chi connectivity index (χ4v) is 2.65. The average molecular weight is 314 g/mol. The molecule has 0 aliphatic heterocycles. The van der Waals surface area contributed by atoms with Crippen LogP contribution in [-0.2, 0) is 13.5 Å². The lowest BCUT2D eigenvalue weighted by Gasteiger charge is -2.07. The molecule has 0 saturated carbocycles. The quantitative estimate of drug-likeness (QED) is 0.793. The van der Waals surface area contributed by atoms with Crippen LogP contribution >= 0.6 is 11.6 Å². The Hall–Kier alpha value is -2.33. The Morgan fingerprint density at radius 1 is 1.27 bits per heavy atom. The number of anilines is 1. The minimum Gasteiger partial charge on any atom is -0.331 e. The van der Waals surface area contributed by atoms with Crippen LogP contribution in [0.3, 0.4) is 0 Å². The first-order valence-corrected chi connectivity index (χ1v) is 7.49. The number of hydrogen-bond acceptors (Lipinski definition) is 2. The van der Waals surface area contributed by atoms with E-state index in [1.54, 1.807) is 24.3 Å². The molecular weight excluding hydrogens is 298 g/mol. The van der Waals surface area contributed by atoms with E-state index in [1.165, 1.54) is 0 Å². The van der Waals surface area contributed by atoms with E-state index >= 15 is 0 Å². The third-order valence-corrected chi connectivity index (χ3v) is 4.00. The first kappa shape index (κ1) is 14.6. The Balaban J connectivity index is 1.93. The molecule has 0 saturated heterocycles. The highest BCUT2D eigenvalue weighted by Crippen LogP contribution is 2.22. The highest BCUT2D eigenvalue weighted by atomic mass is 35.5. The topological polar surface area (TPSA) is 46.9 Å². The number of carbonyl (C=O) groups excluding carboxylic acids is 1. The fraction of sp³-hybridized carbons (Fsp3) is 0.176. The molecule has 112 valence electrons. The van der Waals surface area contributed by atoms with Crippen molar-refractivity contribution in [2.24, 2.45) is 7.05 Å². The molecule has 0 unspecified atom stereocenters. The number of para-hydroxylation sites is 1. The molecule has 4 nitrogen and oxygen atoms in total. The van der Waals surface area contributed by atoms with E-state index < -0.39 is 0 Å². The summed E-state index contributed by atoms with van der Waals surface area (Å²) in [6.45, 7) is 2.06. The molecule has 1 heterocycles. The average Bonchev–Trinajstić information content (AvgIpc) is 2.85. The molecule has 5 heteroatoms. The molecular formula is C17H16ClN3O. The second kappa shape index (κ2) is 5.81. The van der Waals surface area contributed by atoms with Gasteiger partial charge in [0.15, 0.2) is 0 Å². The van der Waals surface area contributed by atoms with Crippen molar-refractivity contribution in [2.75, 3.05) is 5.32 Å². The van der Waals surface area contributed by atoms with Gasteiger partial charge < -0.3 is 9.88 Å². The van der Waals surface area contributed by atoms with Crippen LogP contribution in [0.1, 0.15) is 23.1 Å². The molecule has 3 aromatic rings. The zero-order valence-corrected chi connectivity index (χ0v) is 13.2. The van der Waals surface area contributed by atoms with Gasteiger partial charge in [-0.3, -0.25) is 4.79 Å². The van der Waals surface area contributed by atoms with E-state index in [0.29, 0.717) is 16.3 Å². The molecule has 0 aliphatic carbocycles. The summed E-state index contributed by atoms with van der Waals surface area (Å²) >= 11 is 6.06. The SMILES string of the molecule is CCc1nc2cc(C(=O)Nc3ccccc3Cl)ccc2n1C. The second-order valence-corrected chi connectivity index (χ2v) is 5.49. The molecule has 0 atom stereocenters. The Morgan fingerprint density at radius 3 is 2.77 bits per heavy atom. The van der Waals surface area contributed by atoms with Crippen molar-refractivity contribution < 1.29 is 4.79 Å². The molecule has 0 spiro atoms. The smallest absolute Gasteiger partial charge is 0.255 e. The molecule has 0 radical (unpaired) electrons. The fourth-order valence-electron chi connectivity index (χ4n) is 2.46. The number of fused-ring (bicyclic) bond motifs is 1. The van der Waals surface area contributed by atoms with E-state index in [2.05, 4.69) is 17.2 Å². The first-order chi connectivity index (χ1) is 10.6. The van der Waals surface area contributed by atoms with Gasteiger partial charge in [-0.15, -0.1) is 0 Å². The number of aromatic nitrogens is 2. The van der Waals surface area contributed by atoms with Crippen LogP contribution in [-0.4, -0.2) is 15.5 Å². The van der Waals surface area contributed by atoms with Crippen LogP contribution in [0, 0.1) is 0 Å². The minimum atomic E-state index is -0.196. The molecule has 0 bridgehead atoms. The van der Waals surface area contributed by atoms with Gasteiger partial charge >= 0.3 is 0 Å². The highest BCUT2D eigenvalue weighted by molar-refractivity contribution is 6.33. The van der Waals surface area contributed by atoms with Gasteiger partial charge in [-0.05, 0) is 30.3 Å². The van der Waals surface area contributed by atoms with Crippen LogP contribution in [0.25, 0.3) is 11.0 Å². The predicted molar refractivity (Wildman–Crippen MR) is 89.5 cm³/mol. The molecule has 0 fully saturated rings. The lowest BCUT2D eigenvalue weighted by atomic mass is 10.2. The number of benzene rings is 2. The zero-order valence-electron chi connectivity index (χ0n) is 12.4. The van der Waals surface area contributed by atoms with Crippen LogP contribution in [0.15, 0.2) is 42.5 Å². The largest absolute Gasteiger partial charge is 0.331 e. The van der Waals surface area contributed by atoms with Crippen molar-refractivity contribution in [1.82, 2.24) is 9.55 Å². The maximum Gasteiger partial charge on any atom is 0.255 e. The van der Waals surface area contributed by atoms with E-state index in [4.69, 9.17) is 11.6 Å².